The normalized spacial score (nSPS) is 14.0. The Hall–Kier alpha value is -2.89. The predicted molar refractivity (Wildman–Crippen MR) is 108 cm³/mol. The van der Waals surface area contributed by atoms with E-state index in [4.69, 9.17) is 9.47 Å². The molecular formula is C21H27N3O3. The van der Waals surface area contributed by atoms with E-state index in [9.17, 15) is 4.79 Å². The van der Waals surface area contributed by atoms with Crippen LogP contribution in [0.15, 0.2) is 42.5 Å². The highest BCUT2D eigenvalue weighted by Gasteiger charge is 2.23. The number of methoxy groups -OCH3 is 1. The van der Waals surface area contributed by atoms with E-state index in [1.54, 1.807) is 7.11 Å². The summed E-state index contributed by atoms with van der Waals surface area (Å²) >= 11 is 0. The molecule has 0 radical (unpaired) electrons. The van der Waals surface area contributed by atoms with Gasteiger partial charge < -0.3 is 24.6 Å². The van der Waals surface area contributed by atoms with Gasteiger partial charge in [0.2, 0.25) is 0 Å². The number of piperazine rings is 1. The van der Waals surface area contributed by atoms with E-state index in [0.717, 1.165) is 36.0 Å². The Balaban J connectivity index is 1.57. The molecule has 27 heavy (non-hydrogen) atoms. The van der Waals surface area contributed by atoms with Crippen LogP contribution in [0.5, 0.6) is 11.5 Å². The third-order valence-electron chi connectivity index (χ3n) is 4.66. The molecule has 3 rings (SSSR count). The summed E-state index contributed by atoms with van der Waals surface area (Å²) in [5.74, 6) is 1.67. The summed E-state index contributed by atoms with van der Waals surface area (Å²) in [6.07, 6.45) is 0. The van der Waals surface area contributed by atoms with Crippen LogP contribution in [0.2, 0.25) is 0 Å². The molecule has 144 valence electrons. The molecule has 2 aromatic rings. The van der Waals surface area contributed by atoms with Crippen LogP contribution in [-0.2, 0) is 0 Å². The number of hydrogen-bond acceptors (Lipinski definition) is 4. The molecule has 0 aromatic heterocycles. The van der Waals surface area contributed by atoms with Crippen molar-refractivity contribution < 1.29 is 14.3 Å². The van der Waals surface area contributed by atoms with Crippen LogP contribution in [0, 0.1) is 6.92 Å². The Morgan fingerprint density at radius 1 is 1.07 bits per heavy atom. The maximum absolute atomic E-state index is 12.5. The zero-order valence-electron chi connectivity index (χ0n) is 16.2. The van der Waals surface area contributed by atoms with Crippen molar-refractivity contribution in [2.24, 2.45) is 0 Å². The Morgan fingerprint density at radius 2 is 1.78 bits per heavy atom. The Morgan fingerprint density at radius 3 is 2.41 bits per heavy atom. The van der Waals surface area contributed by atoms with Crippen molar-refractivity contribution in [3.8, 4) is 11.5 Å². The van der Waals surface area contributed by atoms with Gasteiger partial charge in [-0.05, 0) is 55.8 Å². The van der Waals surface area contributed by atoms with Crippen LogP contribution in [-0.4, -0.2) is 50.8 Å². The predicted octanol–water partition coefficient (Wildman–Crippen LogP) is 3.76. The monoisotopic (exact) mass is 369 g/mol. The summed E-state index contributed by atoms with van der Waals surface area (Å²) in [4.78, 5) is 16.7. The van der Waals surface area contributed by atoms with E-state index in [2.05, 4.69) is 23.2 Å². The van der Waals surface area contributed by atoms with E-state index < -0.39 is 0 Å². The number of hydrogen-bond donors (Lipinski definition) is 1. The number of nitrogens with zero attached hydrogens (tertiary/aromatic N) is 2. The van der Waals surface area contributed by atoms with Crippen molar-refractivity contribution >= 4 is 17.4 Å². The number of carbonyl (C=O) groups is 1. The first-order chi connectivity index (χ1) is 13.1. The minimum absolute atomic E-state index is 0.0741. The van der Waals surface area contributed by atoms with Crippen molar-refractivity contribution in [2.75, 3.05) is 50.1 Å². The topological polar surface area (TPSA) is 54.0 Å². The number of urea groups is 1. The molecule has 1 fully saturated rings. The van der Waals surface area contributed by atoms with E-state index >= 15 is 0 Å². The van der Waals surface area contributed by atoms with Crippen LogP contribution in [0.25, 0.3) is 0 Å². The van der Waals surface area contributed by atoms with Crippen molar-refractivity contribution in [1.82, 2.24) is 4.90 Å². The first kappa shape index (κ1) is 18.9. The van der Waals surface area contributed by atoms with E-state index in [0.29, 0.717) is 19.7 Å². The lowest BCUT2D eigenvalue weighted by molar-refractivity contribution is 0.208. The SMILES string of the molecule is CCOc1ccc(NC(=O)N2CCN(c3cc(C)ccc3OC)CC2)cc1. The lowest BCUT2D eigenvalue weighted by Gasteiger charge is -2.36. The molecule has 1 N–H and O–H groups in total. The quantitative estimate of drug-likeness (QED) is 0.872. The molecular weight excluding hydrogens is 342 g/mol. The van der Waals surface area contributed by atoms with Crippen molar-refractivity contribution in [3.63, 3.8) is 0 Å². The maximum atomic E-state index is 12.5. The molecule has 2 aromatic carbocycles. The average molecular weight is 369 g/mol. The minimum Gasteiger partial charge on any atom is -0.495 e. The van der Waals surface area contributed by atoms with Gasteiger partial charge in [-0.3, -0.25) is 0 Å². The number of ether oxygens (including phenoxy) is 2. The molecule has 6 nitrogen and oxygen atoms in total. The first-order valence-electron chi connectivity index (χ1n) is 9.29. The summed E-state index contributed by atoms with van der Waals surface area (Å²) in [7, 11) is 1.69. The van der Waals surface area contributed by atoms with Crippen LogP contribution >= 0.6 is 0 Å². The zero-order valence-corrected chi connectivity index (χ0v) is 16.2. The van der Waals surface area contributed by atoms with Gasteiger partial charge in [-0.25, -0.2) is 4.79 Å². The number of benzene rings is 2. The summed E-state index contributed by atoms with van der Waals surface area (Å²) in [5.41, 5.74) is 3.05. The fourth-order valence-corrected chi connectivity index (χ4v) is 3.20. The third kappa shape index (κ3) is 4.64. The second kappa shape index (κ2) is 8.66. The van der Waals surface area contributed by atoms with Gasteiger partial charge in [-0.15, -0.1) is 0 Å². The third-order valence-corrected chi connectivity index (χ3v) is 4.66. The number of aryl methyl sites for hydroxylation is 1. The molecule has 0 spiro atoms. The van der Waals surface area contributed by atoms with Crippen LogP contribution in [0.3, 0.4) is 0 Å². The summed E-state index contributed by atoms with van der Waals surface area (Å²) in [6.45, 7) is 7.53. The smallest absolute Gasteiger partial charge is 0.321 e. The molecule has 0 atom stereocenters. The standard InChI is InChI=1S/C21H27N3O3/c1-4-27-18-8-6-17(7-9-18)22-21(25)24-13-11-23(12-14-24)19-15-16(2)5-10-20(19)26-3/h5-10,15H,4,11-14H2,1-3H3,(H,22,25). The van der Waals surface area contributed by atoms with E-state index in [1.165, 1.54) is 5.56 Å². The molecule has 1 saturated heterocycles. The Labute approximate surface area is 160 Å². The van der Waals surface area contributed by atoms with Gasteiger partial charge in [0, 0.05) is 31.9 Å². The molecule has 6 heteroatoms. The lowest BCUT2D eigenvalue weighted by Crippen LogP contribution is -2.50. The minimum atomic E-state index is -0.0741. The van der Waals surface area contributed by atoms with Crippen LogP contribution < -0.4 is 19.7 Å². The largest absolute Gasteiger partial charge is 0.495 e. The number of carbonyl (C=O) groups excluding carboxylic acids is 1. The fraction of sp³-hybridized carbons (Fsp3) is 0.381. The summed E-state index contributed by atoms with van der Waals surface area (Å²) in [6, 6.07) is 13.5. The number of rotatable bonds is 5. The number of nitrogens with one attached hydrogen (secondary N) is 1. The highest BCUT2D eigenvalue weighted by atomic mass is 16.5. The fourth-order valence-electron chi connectivity index (χ4n) is 3.20. The van der Waals surface area contributed by atoms with Gasteiger partial charge >= 0.3 is 6.03 Å². The van der Waals surface area contributed by atoms with Gasteiger partial charge in [0.05, 0.1) is 19.4 Å². The Kier molecular flexibility index (Phi) is 6.06. The summed E-state index contributed by atoms with van der Waals surface area (Å²) in [5, 5.41) is 2.96. The van der Waals surface area contributed by atoms with Crippen molar-refractivity contribution in [2.45, 2.75) is 13.8 Å². The molecule has 0 unspecified atom stereocenters. The number of anilines is 2. The molecule has 2 amide bonds. The Bertz CT molecular complexity index is 769. The van der Waals surface area contributed by atoms with Gasteiger partial charge in [0.25, 0.3) is 0 Å². The molecule has 0 saturated carbocycles. The van der Waals surface area contributed by atoms with E-state index in [1.807, 2.05) is 48.2 Å². The second-order valence-electron chi connectivity index (χ2n) is 6.54. The van der Waals surface area contributed by atoms with Crippen LogP contribution in [0.1, 0.15) is 12.5 Å². The van der Waals surface area contributed by atoms with Crippen molar-refractivity contribution in [3.05, 3.63) is 48.0 Å². The number of amides is 2. The van der Waals surface area contributed by atoms with Gasteiger partial charge in [0.15, 0.2) is 0 Å². The second-order valence-corrected chi connectivity index (χ2v) is 6.54. The van der Waals surface area contributed by atoms with Gasteiger partial charge in [0.1, 0.15) is 11.5 Å². The molecule has 1 heterocycles. The van der Waals surface area contributed by atoms with Crippen LogP contribution in [0.4, 0.5) is 16.2 Å². The maximum Gasteiger partial charge on any atom is 0.321 e. The zero-order chi connectivity index (χ0) is 19.2. The highest BCUT2D eigenvalue weighted by molar-refractivity contribution is 5.89. The summed E-state index contributed by atoms with van der Waals surface area (Å²) < 4.78 is 10.9. The van der Waals surface area contributed by atoms with Gasteiger partial charge in [-0.2, -0.15) is 0 Å². The first-order valence-corrected chi connectivity index (χ1v) is 9.29. The molecule has 0 bridgehead atoms. The molecule has 1 aliphatic heterocycles. The highest BCUT2D eigenvalue weighted by Crippen LogP contribution is 2.30. The molecule has 1 aliphatic rings. The average Bonchev–Trinajstić information content (AvgIpc) is 2.70. The van der Waals surface area contributed by atoms with E-state index in [-0.39, 0.29) is 6.03 Å². The van der Waals surface area contributed by atoms with Gasteiger partial charge in [-0.1, -0.05) is 6.07 Å². The van der Waals surface area contributed by atoms with Crippen molar-refractivity contribution in [1.29, 1.82) is 0 Å². The molecule has 0 aliphatic carbocycles. The lowest BCUT2D eigenvalue weighted by atomic mass is 10.1.